The summed E-state index contributed by atoms with van der Waals surface area (Å²) in [4.78, 5) is 20.3. The van der Waals surface area contributed by atoms with E-state index in [-0.39, 0.29) is 11.4 Å². The van der Waals surface area contributed by atoms with Gasteiger partial charge >= 0.3 is 0 Å². The van der Waals surface area contributed by atoms with Crippen LogP contribution in [0.1, 0.15) is 11.1 Å². The minimum absolute atomic E-state index is 0.121. The fraction of sp³-hybridized carbons (Fsp3) is 0. The van der Waals surface area contributed by atoms with Gasteiger partial charge in [0.15, 0.2) is 0 Å². The van der Waals surface area contributed by atoms with Crippen molar-refractivity contribution < 1.29 is 15.1 Å². The number of oxime groups is 1. The molecule has 122 valence electrons. The first-order chi connectivity index (χ1) is 11.5. The monoisotopic (exact) mass is 328 g/mol. The van der Waals surface area contributed by atoms with Crippen LogP contribution >= 0.6 is 0 Å². The molecule has 0 heterocycles. The second-order valence-electron chi connectivity index (χ2n) is 4.57. The van der Waals surface area contributed by atoms with Crippen LogP contribution < -0.4 is 5.32 Å². The molecule has 0 aliphatic heterocycles. The largest absolute Gasteiger partial charge is 0.411 e. The Hall–Kier alpha value is -3.75. The summed E-state index contributed by atoms with van der Waals surface area (Å²) in [6.45, 7) is 0. The first kappa shape index (κ1) is 16.6. The van der Waals surface area contributed by atoms with Crippen molar-refractivity contribution in [1.82, 2.24) is 0 Å². The van der Waals surface area contributed by atoms with E-state index in [4.69, 9.17) is 5.21 Å². The van der Waals surface area contributed by atoms with Crippen LogP contribution in [0.25, 0.3) is 6.08 Å². The number of benzene rings is 2. The summed E-state index contributed by atoms with van der Waals surface area (Å²) in [5, 5.41) is 36.0. The zero-order chi connectivity index (χ0) is 17.5. The van der Waals surface area contributed by atoms with Crippen LogP contribution in [-0.4, -0.2) is 21.3 Å². The van der Waals surface area contributed by atoms with Gasteiger partial charge in [0.2, 0.25) is 0 Å². The van der Waals surface area contributed by atoms with E-state index < -0.39 is 15.5 Å². The van der Waals surface area contributed by atoms with Gasteiger partial charge in [0.25, 0.3) is 11.4 Å². The van der Waals surface area contributed by atoms with Crippen LogP contribution in [0.4, 0.5) is 17.1 Å². The third-order valence-electron chi connectivity index (χ3n) is 3.08. The Morgan fingerprint density at radius 1 is 1.04 bits per heavy atom. The van der Waals surface area contributed by atoms with E-state index >= 15 is 0 Å². The van der Waals surface area contributed by atoms with Gasteiger partial charge in [-0.1, -0.05) is 29.4 Å². The lowest BCUT2D eigenvalue weighted by molar-refractivity contribution is -0.393. The van der Waals surface area contributed by atoms with Crippen LogP contribution in [0.5, 0.6) is 0 Å². The Morgan fingerprint density at radius 2 is 1.75 bits per heavy atom. The van der Waals surface area contributed by atoms with E-state index in [0.717, 1.165) is 6.07 Å². The molecule has 0 saturated carbocycles. The van der Waals surface area contributed by atoms with Crippen molar-refractivity contribution >= 4 is 29.4 Å². The highest BCUT2D eigenvalue weighted by Gasteiger charge is 2.18. The molecular formula is C15H12N4O5. The molecule has 0 spiro atoms. The summed E-state index contributed by atoms with van der Waals surface area (Å²) in [5.74, 6) is 0. The molecule has 2 rings (SSSR count). The highest BCUT2D eigenvalue weighted by atomic mass is 16.6. The van der Waals surface area contributed by atoms with Crippen molar-refractivity contribution in [3.8, 4) is 0 Å². The molecule has 0 unspecified atom stereocenters. The molecule has 2 aromatic rings. The van der Waals surface area contributed by atoms with Crippen LogP contribution in [0.3, 0.4) is 0 Å². The number of non-ortho nitro benzene ring substituents is 1. The number of hydrogen-bond donors (Lipinski definition) is 2. The lowest BCUT2D eigenvalue weighted by Gasteiger charge is -2.03. The van der Waals surface area contributed by atoms with Crippen LogP contribution in [0.15, 0.2) is 53.8 Å². The molecule has 0 atom stereocenters. The maximum absolute atomic E-state index is 11.0. The lowest BCUT2D eigenvalue weighted by atomic mass is 10.1. The molecule has 0 saturated heterocycles. The fourth-order valence-electron chi connectivity index (χ4n) is 1.97. The van der Waals surface area contributed by atoms with Gasteiger partial charge in [-0.2, -0.15) is 0 Å². The molecule has 0 aliphatic carbocycles. The van der Waals surface area contributed by atoms with Gasteiger partial charge in [-0.15, -0.1) is 0 Å². The molecule has 0 aromatic heterocycles. The summed E-state index contributed by atoms with van der Waals surface area (Å²) in [7, 11) is 0. The number of anilines is 1. The Balaban J connectivity index is 2.26. The molecule has 24 heavy (non-hydrogen) atoms. The Labute approximate surface area is 135 Å². The molecule has 2 aromatic carbocycles. The van der Waals surface area contributed by atoms with Gasteiger partial charge in [0.05, 0.1) is 22.1 Å². The highest BCUT2D eigenvalue weighted by Crippen LogP contribution is 2.29. The molecule has 2 N–H and O–H groups in total. The number of nitro groups is 2. The smallest absolute Gasteiger partial charge is 0.299 e. The van der Waals surface area contributed by atoms with Crippen molar-refractivity contribution in [3.05, 3.63) is 80.0 Å². The third-order valence-corrected chi connectivity index (χ3v) is 3.08. The standard InChI is InChI=1S/C15H12N4O5/c20-17-10-12-4-2-1-3-11(12)7-8-16-14-6-5-13(18(21)22)9-15(14)19(23)24/h1-10,16,20H/b8-7-,17-10+. The summed E-state index contributed by atoms with van der Waals surface area (Å²) in [6.07, 6.45) is 4.34. The van der Waals surface area contributed by atoms with E-state index in [0.29, 0.717) is 11.1 Å². The first-order valence-corrected chi connectivity index (χ1v) is 6.65. The van der Waals surface area contributed by atoms with Gasteiger partial charge in [-0.3, -0.25) is 20.2 Å². The molecule has 0 radical (unpaired) electrons. The number of nitrogens with zero attached hydrogens (tertiary/aromatic N) is 3. The lowest BCUT2D eigenvalue weighted by Crippen LogP contribution is -1.98. The molecule has 0 fully saturated rings. The second kappa shape index (κ2) is 7.49. The quantitative estimate of drug-likeness (QED) is 0.361. The molecule has 0 amide bonds. The van der Waals surface area contributed by atoms with E-state index in [2.05, 4.69) is 10.5 Å². The van der Waals surface area contributed by atoms with E-state index in [1.54, 1.807) is 30.3 Å². The van der Waals surface area contributed by atoms with Crippen molar-refractivity contribution in [3.63, 3.8) is 0 Å². The zero-order valence-corrected chi connectivity index (χ0v) is 12.2. The van der Waals surface area contributed by atoms with E-state index in [1.165, 1.54) is 24.5 Å². The molecule has 0 bridgehead atoms. The predicted molar refractivity (Wildman–Crippen MR) is 88.2 cm³/mol. The highest BCUT2D eigenvalue weighted by molar-refractivity contribution is 5.85. The average molecular weight is 328 g/mol. The van der Waals surface area contributed by atoms with Gasteiger partial charge in [0, 0.05) is 17.8 Å². The predicted octanol–water partition coefficient (Wildman–Crippen LogP) is 3.39. The van der Waals surface area contributed by atoms with Crippen molar-refractivity contribution in [2.45, 2.75) is 0 Å². The minimum atomic E-state index is -0.699. The minimum Gasteiger partial charge on any atom is -0.411 e. The van der Waals surface area contributed by atoms with Gasteiger partial charge in [0.1, 0.15) is 5.69 Å². The van der Waals surface area contributed by atoms with Gasteiger partial charge in [-0.25, -0.2) is 0 Å². The first-order valence-electron chi connectivity index (χ1n) is 6.65. The summed E-state index contributed by atoms with van der Waals surface area (Å²) < 4.78 is 0. The summed E-state index contributed by atoms with van der Waals surface area (Å²) >= 11 is 0. The fourth-order valence-corrected chi connectivity index (χ4v) is 1.97. The SMILES string of the molecule is O=[N+]([O-])c1ccc(N/C=C\c2ccccc2/C=N/O)c([N+](=O)[O-])c1. The number of nitrogens with one attached hydrogen (secondary N) is 1. The second-order valence-corrected chi connectivity index (χ2v) is 4.57. The van der Waals surface area contributed by atoms with Gasteiger partial charge < -0.3 is 10.5 Å². The van der Waals surface area contributed by atoms with E-state index in [9.17, 15) is 20.2 Å². The normalized spacial score (nSPS) is 11.0. The maximum atomic E-state index is 11.0. The van der Waals surface area contributed by atoms with E-state index in [1.807, 2.05) is 0 Å². The summed E-state index contributed by atoms with van der Waals surface area (Å²) in [5.41, 5.74) is 0.721. The van der Waals surface area contributed by atoms with Crippen molar-refractivity contribution in [1.29, 1.82) is 0 Å². The Morgan fingerprint density at radius 3 is 2.38 bits per heavy atom. The van der Waals surface area contributed by atoms with Crippen LogP contribution in [0.2, 0.25) is 0 Å². The van der Waals surface area contributed by atoms with Crippen molar-refractivity contribution in [2.75, 3.05) is 5.32 Å². The third kappa shape index (κ3) is 3.91. The molecule has 9 nitrogen and oxygen atoms in total. The van der Waals surface area contributed by atoms with Crippen molar-refractivity contribution in [2.24, 2.45) is 5.16 Å². The zero-order valence-electron chi connectivity index (χ0n) is 12.2. The molecule has 0 aliphatic rings. The molecule has 9 heteroatoms. The Kier molecular flexibility index (Phi) is 5.19. The topological polar surface area (TPSA) is 131 Å². The Bertz CT molecular complexity index is 832. The number of rotatable bonds is 6. The average Bonchev–Trinajstić information content (AvgIpc) is 2.56. The van der Waals surface area contributed by atoms with Crippen LogP contribution in [-0.2, 0) is 0 Å². The summed E-state index contributed by atoms with van der Waals surface area (Å²) in [6, 6.07) is 10.4. The van der Waals surface area contributed by atoms with Gasteiger partial charge in [-0.05, 0) is 17.7 Å². The molecular weight excluding hydrogens is 316 g/mol. The number of hydrogen-bond acceptors (Lipinski definition) is 7. The van der Waals surface area contributed by atoms with Crippen LogP contribution in [0, 0.1) is 20.2 Å². The number of nitro benzene ring substituents is 2. The maximum Gasteiger partial charge on any atom is 0.299 e.